The van der Waals surface area contributed by atoms with Crippen LogP contribution in [0.15, 0.2) is 95.7 Å². The summed E-state index contributed by atoms with van der Waals surface area (Å²) in [7, 11) is -19.4. The lowest BCUT2D eigenvalue weighted by molar-refractivity contribution is 0.479. The van der Waals surface area contributed by atoms with Gasteiger partial charge in [-0.05, 0) is 99.2 Å². The fourth-order valence-corrected chi connectivity index (χ4v) is 10.5. The first-order valence-corrected chi connectivity index (χ1v) is 22.1. The van der Waals surface area contributed by atoms with Gasteiger partial charge in [-0.25, -0.2) is 4.99 Å². The number of nitrogens with zero attached hydrogens (tertiary/aromatic N) is 1. The van der Waals surface area contributed by atoms with Gasteiger partial charge in [0.25, 0.3) is 40.5 Å². The number of benzene rings is 5. The van der Waals surface area contributed by atoms with E-state index in [1.54, 1.807) is 32.9 Å². The molecule has 0 fully saturated rings. The van der Waals surface area contributed by atoms with E-state index in [2.05, 4.69) is 10.3 Å². The summed E-state index contributed by atoms with van der Waals surface area (Å²) < 4.78 is 147. The number of hydrogen-bond acceptors (Lipinski definition) is 11. The molecule has 0 bridgehead atoms. The topological polar surface area (TPSA) is 255 Å². The molecule has 0 saturated heterocycles. The van der Waals surface area contributed by atoms with Crippen molar-refractivity contribution >= 4 is 68.5 Å². The van der Waals surface area contributed by atoms with Crippen molar-refractivity contribution in [2.45, 2.75) is 61.1 Å². The van der Waals surface area contributed by atoms with Crippen molar-refractivity contribution in [1.82, 2.24) is 0 Å². The zero-order chi connectivity index (χ0) is 41.4. The highest BCUT2D eigenvalue weighted by Gasteiger charge is 2.28. The van der Waals surface area contributed by atoms with Gasteiger partial charge in [0.15, 0.2) is 0 Å². The van der Waals surface area contributed by atoms with E-state index < -0.39 is 60.5 Å². The van der Waals surface area contributed by atoms with Gasteiger partial charge in [-0.2, -0.15) is 33.7 Å². The summed E-state index contributed by atoms with van der Waals surface area (Å²) in [6, 6.07) is 15.1. The normalized spacial score (nSPS) is 13.1. The van der Waals surface area contributed by atoms with Gasteiger partial charge in [0, 0.05) is 45.6 Å². The molecule has 0 radical (unpaired) electrons. The number of anilines is 2. The first-order valence-electron chi connectivity index (χ1n) is 16.4. The van der Waals surface area contributed by atoms with Crippen molar-refractivity contribution in [3.05, 3.63) is 105 Å². The van der Waals surface area contributed by atoms with E-state index >= 15 is 0 Å². The molecule has 0 atom stereocenters. The Balaban J connectivity index is 1.74. The van der Waals surface area contributed by atoms with Gasteiger partial charge < -0.3 is 9.73 Å². The second-order valence-corrected chi connectivity index (χ2v) is 18.8. The van der Waals surface area contributed by atoms with Crippen LogP contribution < -0.4 is 10.7 Å². The minimum absolute atomic E-state index is 0.0147. The van der Waals surface area contributed by atoms with Crippen LogP contribution in [0, 0.1) is 41.5 Å². The molecule has 4 aromatic rings. The lowest BCUT2D eigenvalue weighted by Gasteiger charge is -2.20. The fraction of sp³-hybridized carbons (Fsp3) is 0.162. The molecule has 0 spiro atoms. The van der Waals surface area contributed by atoms with Crippen molar-refractivity contribution in [3.8, 4) is 22.5 Å². The van der Waals surface area contributed by atoms with Crippen LogP contribution in [-0.4, -0.2) is 51.9 Å². The van der Waals surface area contributed by atoms with E-state index in [1.807, 2.05) is 0 Å². The highest BCUT2D eigenvalue weighted by Crippen LogP contribution is 2.44. The summed E-state index contributed by atoms with van der Waals surface area (Å²) in [6.45, 7) is 9.19. The third-order valence-electron chi connectivity index (χ3n) is 9.29. The van der Waals surface area contributed by atoms with Crippen LogP contribution in [0.25, 0.3) is 33.4 Å². The number of aryl methyl sites for hydroxylation is 4. The molecule has 4 aromatic carbocycles. The predicted molar refractivity (Wildman–Crippen MR) is 207 cm³/mol. The molecule has 0 amide bonds. The second kappa shape index (κ2) is 13.9. The van der Waals surface area contributed by atoms with E-state index in [4.69, 9.17) is 4.42 Å². The zero-order valence-electron chi connectivity index (χ0n) is 30.4. The standard InChI is InChI=1S/C37H34N2O13S4/c1-18-13-20(3)36(55(46,47)48)22(5)34(18)38-24-11-12-25-29(15-24)52-30-17-28(39-35-19(2)14-21(4)37(23(35)6)56(49,50)51)32(54(43,44)45)16-27(30)33(25)26-9-7-8-10-31(26)53(40,41)42/h7-17,38H,1-6H3,(H,40,41,42)(H,43,44,45)(H,46,47,48)(H,49,50,51)/b39-28+. The largest absolute Gasteiger partial charge is 0.456 e. The van der Waals surface area contributed by atoms with Crippen molar-refractivity contribution in [2.75, 3.05) is 5.32 Å². The van der Waals surface area contributed by atoms with Gasteiger partial charge in [0.05, 0.1) is 11.0 Å². The molecular weight excluding hydrogens is 809 g/mol. The van der Waals surface area contributed by atoms with Gasteiger partial charge in [0.1, 0.15) is 30.9 Å². The van der Waals surface area contributed by atoms with Crippen molar-refractivity contribution in [1.29, 1.82) is 0 Å². The molecular formula is C37H34N2O13S4. The van der Waals surface area contributed by atoms with Gasteiger partial charge in [-0.3, -0.25) is 18.2 Å². The molecule has 6 rings (SSSR count). The Kier molecular flexibility index (Phi) is 10.1. The number of nitrogens with one attached hydrogen (secondary N) is 1. The van der Waals surface area contributed by atoms with Crippen LogP contribution in [0.4, 0.5) is 17.1 Å². The van der Waals surface area contributed by atoms with Crippen molar-refractivity contribution in [2.24, 2.45) is 4.99 Å². The Morgan fingerprint density at radius 1 is 0.571 bits per heavy atom. The molecule has 1 aliphatic carbocycles. The maximum atomic E-state index is 13.0. The maximum Gasteiger partial charge on any atom is 0.296 e. The first-order chi connectivity index (χ1) is 25.8. The number of rotatable bonds is 8. The highest BCUT2D eigenvalue weighted by molar-refractivity contribution is 7.86. The zero-order valence-corrected chi connectivity index (χ0v) is 33.7. The summed E-state index contributed by atoms with van der Waals surface area (Å²) in [5.74, 6) is -0.102. The molecule has 0 unspecified atom stereocenters. The van der Waals surface area contributed by atoms with Crippen LogP contribution in [0.2, 0.25) is 0 Å². The van der Waals surface area contributed by atoms with Crippen LogP contribution in [0.1, 0.15) is 33.4 Å². The van der Waals surface area contributed by atoms with E-state index in [0.29, 0.717) is 28.1 Å². The summed E-state index contributed by atoms with van der Waals surface area (Å²) in [5, 5.41) is 2.95. The Morgan fingerprint density at radius 3 is 1.73 bits per heavy atom. The molecule has 2 aliphatic rings. The Morgan fingerprint density at radius 2 is 1.14 bits per heavy atom. The van der Waals surface area contributed by atoms with E-state index in [9.17, 15) is 51.9 Å². The molecule has 0 aromatic heterocycles. The molecule has 19 heteroatoms. The van der Waals surface area contributed by atoms with Crippen LogP contribution in [0.5, 0.6) is 0 Å². The Bertz CT molecular complexity index is 3170. The number of fused-ring (bicyclic) bond motifs is 2. The molecule has 56 heavy (non-hydrogen) atoms. The third kappa shape index (κ3) is 7.47. The average Bonchev–Trinajstić information content (AvgIpc) is 3.04. The van der Waals surface area contributed by atoms with Crippen molar-refractivity contribution < 1.29 is 56.3 Å². The van der Waals surface area contributed by atoms with Gasteiger partial charge in [-0.15, -0.1) is 0 Å². The van der Waals surface area contributed by atoms with E-state index in [0.717, 1.165) is 18.2 Å². The van der Waals surface area contributed by atoms with Crippen LogP contribution >= 0.6 is 0 Å². The van der Waals surface area contributed by atoms with Crippen LogP contribution in [-0.2, 0) is 40.5 Å². The summed E-state index contributed by atoms with van der Waals surface area (Å²) >= 11 is 0. The summed E-state index contributed by atoms with van der Waals surface area (Å²) in [6.07, 6.45) is 0. The minimum Gasteiger partial charge on any atom is -0.456 e. The average molecular weight is 843 g/mol. The highest BCUT2D eigenvalue weighted by atomic mass is 32.2. The van der Waals surface area contributed by atoms with Gasteiger partial charge in [0.2, 0.25) is 0 Å². The molecule has 1 aliphatic heterocycles. The molecule has 15 nitrogen and oxygen atoms in total. The second-order valence-electron chi connectivity index (χ2n) is 13.3. The first kappa shape index (κ1) is 40.7. The Labute approximate surface area is 322 Å². The maximum absolute atomic E-state index is 13.0. The smallest absolute Gasteiger partial charge is 0.296 e. The van der Waals surface area contributed by atoms with Crippen molar-refractivity contribution in [3.63, 3.8) is 0 Å². The predicted octanol–water partition coefficient (Wildman–Crippen LogP) is 7.02. The minimum atomic E-state index is -5.12. The van der Waals surface area contributed by atoms with Gasteiger partial charge in [-0.1, -0.05) is 30.3 Å². The molecule has 1 heterocycles. The van der Waals surface area contributed by atoms with E-state index in [-0.39, 0.29) is 60.7 Å². The quantitative estimate of drug-likeness (QED) is 0.0763. The summed E-state index contributed by atoms with van der Waals surface area (Å²) in [4.78, 5) is 2.42. The lowest BCUT2D eigenvalue weighted by atomic mass is 9.93. The lowest BCUT2D eigenvalue weighted by Crippen LogP contribution is -2.16. The summed E-state index contributed by atoms with van der Waals surface area (Å²) in [5.41, 5.74) is 2.44. The monoisotopic (exact) mass is 842 g/mol. The molecule has 5 N–H and O–H groups in total. The SMILES string of the molecule is Cc1cc(C)c(S(=O)(=O)O)c(C)c1/N=c1\cc2oc3cc(Nc4c(C)cc(C)c(S(=O)(=O)O)c4C)ccc3c(-c3ccccc3S(=O)(=O)O)c-2cc1S(=O)(=O)O. The third-order valence-corrected chi connectivity index (χ3v) is 13.4. The number of hydrogen-bond donors (Lipinski definition) is 5. The van der Waals surface area contributed by atoms with E-state index in [1.165, 1.54) is 57.2 Å². The fourth-order valence-electron chi connectivity index (χ4n) is 7.21. The van der Waals surface area contributed by atoms with Gasteiger partial charge >= 0.3 is 0 Å². The van der Waals surface area contributed by atoms with Crippen LogP contribution in [0.3, 0.4) is 0 Å². The Hall–Kier alpha value is -4.99. The molecule has 294 valence electrons. The molecule has 0 saturated carbocycles.